The second-order valence-electron chi connectivity index (χ2n) is 5.24. The zero-order valence-corrected chi connectivity index (χ0v) is 13.8. The highest BCUT2D eigenvalue weighted by atomic mass is 16.5. The summed E-state index contributed by atoms with van der Waals surface area (Å²) in [5, 5.41) is 0. The van der Waals surface area contributed by atoms with E-state index in [2.05, 4.69) is 4.99 Å². The van der Waals surface area contributed by atoms with E-state index in [1.54, 1.807) is 24.3 Å². The van der Waals surface area contributed by atoms with Gasteiger partial charge in [0, 0.05) is 5.56 Å². The number of esters is 1. The summed E-state index contributed by atoms with van der Waals surface area (Å²) in [5.74, 6) is 0.557. The van der Waals surface area contributed by atoms with Crippen molar-refractivity contribution in [2.75, 3.05) is 7.11 Å². The summed E-state index contributed by atoms with van der Waals surface area (Å²) in [4.78, 5) is 16.3. The van der Waals surface area contributed by atoms with Gasteiger partial charge in [0.1, 0.15) is 5.75 Å². The van der Waals surface area contributed by atoms with E-state index in [1.807, 2.05) is 60.7 Å². The topological polar surface area (TPSA) is 47.9 Å². The average molecular weight is 331 g/mol. The first kappa shape index (κ1) is 16.5. The lowest BCUT2D eigenvalue weighted by Gasteiger charge is -2.10. The number of nitrogens with zero attached hydrogens (tertiary/aromatic N) is 1. The van der Waals surface area contributed by atoms with Crippen molar-refractivity contribution >= 4 is 17.6 Å². The van der Waals surface area contributed by atoms with Gasteiger partial charge >= 0.3 is 5.97 Å². The third-order valence-corrected chi connectivity index (χ3v) is 3.48. The van der Waals surface area contributed by atoms with Gasteiger partial charge in [-0.1, -0.05) is 42.5 Å². The zero-order chi connectivity index (χ0) is 17.5. The summed E-state index contributed by atoms with van der Waals surface area (Å²) in [7, 11) is 1.35. The minimum Gasteiger partial charge on any atom is -0.465 e. The van der Waals surface area contributed by atoms with E-state index >= 15 is 0 Å². The summed E-state index contributed by atoms with van der Waals surface area (Å²) >= 11 is 0. The molecule has 0 atom stereocenters. The molecule has 0 saturated carbocycles. The van der Waals surface area contributed by atoms with Crippen molar-refractivity contribution in [3.63, 3.8) is 0 Å². The van der Waals surface area contributed by atoms with Crippen LogP contribution in [-0.2, 0) is 4.74 Å². The Labute approximate surface area is 146 Å². The van der Waals surface area contributed by atoms with Gasteiger partial charge in [0.05, 0.1) is 18.4 Å². The maximum absolute atomic E-state index is 11.7. The fourth-order valence-electron chi connectivity index (χ4n) is 2.26. The molecule has 0 radical (unpaired) electrons. The molecule has 0 fully saturated rings. The number of carbonyl (C=O) groups is 1. The number of benzene rings is 3. The summed E-state index contributed by atoms with van der Waals surface area (Å²) in [5.41, 5.74) is 2.05. The fraction of sp³-hybridized carbons (Fsp3) is 0.0476. The van der Waals surface area contributed by atoms with Crippen LogP contribution in [0, 0.1) is 0 Å². The number of rotatable bonds is 4. The Morgan fingerprint density at radius 1 is 0.800 bits per heavy atom. The standard InChI is InChI=1S/C21H17NO3/c1-24-21(23)17-11-8-14-19(15-17)25-20(16-9-4-2-5-10-16)22-18-12-6-3-7-13-18/h2-15H,1H3. The molecule has 25 heavy (non-hydrogen) atoms. The lowest BCUT2D eigenvalue weighted by atomic mass is 10.2. The highest BCUT2D eigenvalue weighted by molar-refractivity contribution is 5.97. The van der Waals surface area contributed by atoms with Gasteiger partial charge in [-0.15, -0.1) is 0 Å². The van der Waals surface area contributed by atoms with Crippen LogP contribution in [0.15, 0.2) is 89.9 Å². The summed E-state index contributed by atoms with van der Waals surface area (Å²) in [6.45, 7) is 0. The molecule has 0 aliphatic rings. The molecule has 124 valence electrons. The molecule has 4 nitrogen and oxygen atoms in total. The van der Waals surface area contributed by atoms with Crippen LogP contribution in [0.4, 0.5) is 5.69 Å². The molecule has 0 amide bonds. The highest BCUT2D eigenvalue weighted by Gasteiger charge is 2.10. The number of ether oxygens (including phenoxy) is 2. The zero-order valence-electron chi connectivity index (χ0n) is 13.8. The number of hydrogen-bond donors (Lipinski definition) is 0. The minimum atomic E-state index is -0.410. The van der Waals surface area contributed by atoms with Crippen molar-refractivity contribution in [3.8, 4) is 5.75 Å². The first-order valence-electron chi connectivity index (χ1n) is 7.81. The lowest BCUT2D eigenvalue weighted by molar-refractivity contribution is 0.0600. The first-order chi connectivity index (χ1) is 12.3. The van der Waals surface area contributed by atoms with Gasteiger partial charge in [-0.2, -0.15) is 0 Å². The second-order valence-corrected chi connectivity index (χ2v) is 5.24. The van der Waals surface area contributed by atoms with Crippen molar-refractivity contribution in [2.24, 2.45) is 4.99 Å². The van der Waals surface area contributed by atoms with Gasteiger partial charge in [0.15, 0.2) is 0 Å². The van der Waals surface area contributed by atoms with Gasteiger partial charge in [-0.25, -0.2) is 9.79 Å². The van der Waals surface area contributed by atoms with Gasteiger partial charge in [-0.3, -0.25) is 0 Å². The van der Waals surface area contributed by atoms with Crippen LogP contribution in [0.3, 0.4) is 0 Å². The Morgan fingerprint density at radius 3 is 2.12 bits per heavy atom. The van der Waals surface area contributed by atoms with Gasteiger partial charge in [0.2, 0.25) is 5.90 Å². The van der Waals surface area contributed by atoms with Crippen molar-refractivity contribution in [1.82, 2.24) is 0 Å². The number of aliphatic imine (C=N–C) groups is 1. The van der Waals surface area contributed by atoms with Crippen LogP contribution in [0.5, 0.6) is 5.75 Å². The van der Waals surface area contributed by atoms with E-state index in [4.69, 9.17) is 9.47 Å². The molecule has 0 aliphatic heterocycles. The molecule has 3 aromatic carbocycles. The number of methoxy groups -OCH3 is 1. The second kappa shape index (κ2) is 7.93. The Hall–Kier alpha value is -3.40. The quantitative estimate of drug-likeness (QED) is 0.398. The number of hydrogen-bond acceptors (Lipinski definition) is 4. The molecule has 0 spiro atoms. The molecule has 3 aromatic rings. The largest absolute Gasteiger partial charge is 0.465 e. The Balaban J connectivity index is 1.96. The Morgan fingerprint density at radius 2 is 1.44 bits per heavy atom. The molecule has 0 unspecified atom stereocenters. The Kier molecular flexibility index (Phi) is 5.22. The average Bonchev–Trinajstić information content (AvgIpc) is 2.68. The molecule has 4 heteroatoms. The van der Waals surface area contributed by atoms with Crippen LogP contribution in [0.1, 0.15) is 15.9 Å². The third-order valence-electron chi connectivity index (χ3n) is 3.48. The highest BCUT2D eigenvalue weighted by Crippen LogP contribution is 2.19. The monoisotopic (exact) mass is 331 g/mol. The normalized spacial score (nSPS) is 11.0. The van der Waals surface area contributed by atoms with E-state index in [0.717, 1.165) is 11.3 Å². The molecule has 0 N–H and O–H groups in total. The molecular weight excluding hydrogens is 314 g/mol. The van der Waals surface area contributed by atoms with Crippen LogP contribution >= 0.6 is 0 Å². The minimum absolute atomic E-state index is 0.410. The fourth-order valence-corrected chi connectivity index (χ4v) is 2.26. The molecule has 0 saturated heterocycles. The maximum atomic E-state index is 11.7. The molecule has 0 bridgehead atoms. The van der Waals surface area contributed by atoms with E-state index in [1.165, 1.54) is 7.11 Å². The third kappa shape index (κ3) is 4.32. The molecule has 3 rings (SSSR count). The van der Waals surface area contributed by atoms with Crippen molar-refractivity contribution in [1.29, 1.82) is 0 Å². The molecular formula is C21H17NO3. The van der Waals surface area contributed by atoms with Crippen molar-refractivity contribution in [3.05, 3.63) is 96.1 Å². The summed E-state index contributed by atoms with van der Waals surface area (Å²) in [6, 6.07) is 26.0. The van der Waals surface area contributed by atoms with Crippen molar-refractivity contribution < 1.29 is 14.3 Å². The SMILES string of the molecule is COC(=O)c1cccc(OC(=Nc2ccccc2)c2ccccc2)c1. The van der Waals surface area contributed by atoms with E-state index in [9.17, 15) is 4.79 Å². The van der Waals surface area contributed by atoms with Crippen LogP contribution in [0.2, 0.25) is 0 Å². The van der Waals surface area contributed by atoms with Gasteiger partial charge in [-0.05, 0) is 42.5 Å². The summed E-state index contributed by atoms with van der Waals surface area (Å²) in [6.07, 6.45) is 0. The number of para-hydroxylation sites is 1. The predicted molar refractivity (Wildman–Crippen MR) is 97.5 cm³/mol. The summed E-state index contributed by atoms with van der Waals surface area (Å²) < 4.78 is 10.7. The predicted octanol–water partition coefficient (Wildman–Crippen LogP) is 4.63. The van der Waals surface area contributed by atoms with Gasteiger partial charge < -0.3 is 9.47 Å². The van der Waals surface area contributed by atoms with E-state index in [0.29, 0.717) is 17.2 Å². The molecule has 0 heterocycles. The van der Waals surface area contributed by atoms with E-state index < -0.39 is 5.97 Å². The lowest BCUT2D eigenvalue weighted by Crippen LogP contribution is -2.10. The van der Waals surface area contributed by atoms with E-state index in [-0.39, 0.29) is 0 Å². The van der Waals surface area contributed by atoms with Crippen LogP contribution in [0.25, 0.3) is 0 Å². The van der Waals surface area contributed by atoms with Gasteiger partial charge in [0.25, 0.3) is 0 Å². The number of carbonyl (C=O) groups excluding carboxylic acids is 1. The van der Waals surface area contributed by atoms with Crippen molar-refractivity contribution in [2.45, 2.75) is 0 Å². The van der Waals surface area contributed by atoms with Crippen LogP contribution < -0.4 is 4.74 Å². The molecule has 0 aliphatic carbocycles. The Bertz CT molecular complexity index is 874. The maximum Gasteiger partial charge on any atom is 0.337 e. The molecule has 0 aromatic heterocycles. The first-order valence-corrected chi connectivity index (χ1v) is 7.81. The smallest absolute Gasteiger partial charge is 0.337 e. The van der Waals surface area contributed by atoms with Crippen LogP contribution in [-0.4, -0.2) is 19.0 Å².